The first-order chi connectivity index (χ1) is 11.6. The Labute approximate surface area is 158 Å². The van der Waals surface area contributed by atoms with Gasteiger partial charge in [-0.2, -0.15) is 0 Å². The fourth-order valence-electron chi connectivity index (χ4n) is 2.76. The van der Waals surface area contributed by atoms with E-state index in [1.807, 2.05) is 29.2 Å². The van der Waals surface area contributed by atoms with Gasteiger partial charge in [-0.15, -0.1) is 11.3 Å². The lowest BCUT2D eigenvalue weighted by molar-refractivity contribution is -0.140. The van der Waals surface area contributed by atoms with Gasteiger partial charge >= 0.3 is 5.97 Å². The fourth-order valence-corrected chi connectivity index (χ4v) is 4.66. The number of methoxy groups -OCH3 is 1. The van der Waals surface area contributed by atoms with Crippen molar-refractivity contribution >= 4 is 50.6 Å². The van der Waals surface area contributed by atoms with Gasteiger partial charge < -0.3 is 15.0 Å². The maximum Gasteiger partial charge on any atom is 0.307 e. The summed E-state index contributed by atoms with van der Waals surface area (Å²) in [5.41, 5.74) is 0.926. The van der Waals surface area contributed by atoms with Gasteiger partial charge in [-0.25, -0.2) is 0 Å². The van der Waals surface area contributed by atoms with E-state index in [1.165, 1.54) is 7.11 Å². The summed E-state index contributed by atoms with van der Waals surface area (Å²) in [7, 11) is 1.40. The molecule has 24 heavy (non-hydrogen) atoms. The number of thiocarbonyl (C=S) groups is 1. The second kappa shape index (κ2) is 7.58. The van der Waals surface area contributed by atoms with Crippen molar-refractivity contribution in [3.05, 3.63) is 50.9 Å². The molecule has 2 aromatic rings. The number of thiophene rings is 1. The van der Waals surface area contributed by atoms with Crippen molar-refractivity contribution in [1.29, 1.82) is 0 Å². The zero-order valence-electron chi connectivity index (χ0n) is 12.9. The molecule has 0 amide bonds. The van der Waals surface area contributed by atoms with Crippen LogP contribution in [0, 0.1) is 0 Å². The van der Waals surface area contributed by atoms with Crippen LogP contribution < -0.4 is 5.32 Å². The van der Waals surface area contributed by atoms with Crippen molar-refractivity contribution in [2.45, 2.75) is 18.5 Å². The Morgan fingerprint density at radius 1 is 1.46 bits per heavy atom. The molecule has 1 fully saturated rings. The number of carbonyl (C=O) groups excluding carboxylic acids is 1. The number of ether oxygens (including phenoxy) is 1. The van der Waals surface area contributed by atoms with Gasteiger partial charge in [-0.3, -0.25) is 9.78 Å². The first-order valence-electron chi connectivity index (χ1n) is 7.40. The molecule has 0 bridgehead atoms. The van der Waals surface area contributed by atoms with Crippen LogP contribution in [0.4, 0.5) is 0 Å². The van der Waals surface area contributed by atoms with E-state index < -0.39 is 0 Å². The second-order valence-electron chi connectivity index (χ2n) is 5.29. The molecular formula is C16H16BrN3O2S2. The first kappa shape index (κ1) is 17.3. The zero-order chi connectivity index (χ0) is 17.1. The second-order valence-corrected chi connectivity index (χ2v) is 8.17. The standard InChI is InChI=1S/C16H16BrN3O2S2/c1-22-13(21)7-9-20-15(11-5-6-12(17)24-11)14(19-16(20)23)10-4-2-3-8-18-10/h2-6,8,14-15H,7,9H2,1H3,(H,19,23)/t14-,15-/m1/s1. The van der Waals surface area contributed by atoms with Gasteiger partial charge in [0.2, 0.25) is 0 Å². The van der Waals surface area contributed by atoms with Crippen molar-refractivity contribution in [2.75, 3.05) is 13.7 Å². The topological polar surface area (TPSA) is 54.5 Å². The van der Waals surface area contributed by atoms with Crippen LogP contribution in [0.3, 0.4) is 0 Å². The van der Waals surface area contributed by atoms with E-state index in [2.05, 4.69) is 32.3 Å². The SMILES string of the molecule is COC(=O)CCN1C(=S)N[C@H](c2ccccn2)[C@H]1c1ccc(Br)s1. The van der Waals surface area contributed by atoms with Crippen LogP contribution >= 0.6 is 39.5 Å². The van der Waals surface area contributed by atoms with Crippen molar-refractivity contribution < 1.29 is 9.53 Å². The van der Waals surface area contributed by atoms with Gasteiger partial charge in [-0.1, -0.05) is 6.07 Å². The summed E-state index contributed by atoms with van der Waals surface area (Å²) in [5.74, 6) is -0.245. The van der Waals surface area contributed by atoms with Crippen molar-refractivity contribution in [1.82, 2.24) is 15.2 Å². The Morgan fingerprint density at radius 3 is 2.92 bits per heavy atom. The highest BCUT2D eigenvalue weighted by Crippen LogP contribution is 2.42. The normalized spacial score (nSPS) is 20.1. The third-order valence-corrected chi connectivity index (χ3v) is 5.91. The predicted octanol–water partition coefficient (Wildman–Crippen LogP) is 3.44. The minimum Gasteiger partial charge on any atom is -0.469 e. The number of esters is 1. The number of rotatable bonds is 5. The molecule has 1 aliphatic heterocycles. The van der Waals surface area contributed by atoms with Crippen LogP contribution in [0.1, 0.15) is 29.1 Å². The van der Waals surface area contributed by atoms with Gasteiger partial charge in [0.25, 0.3) is 0 Å². The number of carbonyl (C=O) groups is 1. The van der Waals surface area contributed by atoms with Crippen LogP contribution in [-0.2, 0) is 9.53 Å². The molecule has 1 N–H and O–H groups in total. The lowest BCUT2D eigenvalue weighted by Gasteiger charge is -2.26. The van der Waals surface area contributed by atoms with E-state index in [1.54, 1.807) is 17.5 Å². The highest BCUT2D eigenvalue weighted by atomic mass is 79.9. The first-order valence-corrected chi connectivity index (χ1v) is 9.42. The number of pyridine rings is 1. The maximum absolute atomic E-state index is 11.5. The third-order valence-electron chi connectivity index (χ3n) is 3.87. The lowest BCUT2D eigenvalue weighted by Crippen LogP contribution is -2.31. The minimum absolute atomic E-state index is 0.00615. The van der Waals surface area contributed by atoms with Crippen molar-refractivity contribution in [3.8, 4) is 0 Å². The Balaban J connectivity index is 1.92. The summed E-state index contributed by atoms with van der Waals surface area (Å²) in [6.07, 6.45) is 2.06. The Bertz CT molecular complexity index is 738. The molecule has 3 rings (SSSR count). The summed E-state index contributed by atoms with van der Waals surface area (Å²) in [4.78, 5) is 19.2. The van der Waals surface area contributed by atoms with E-state index in [9.17, 15) is 4.79 Å². The van der Waals surface area contributed by atoms with Crippen LogP contribution in [0.25, 0.3) is 0 Å². The monoisotopic (exact) mass is 425 g/mol. The molecule has 5 nitrogen and oxygen atoms in total. The molecule has 2 aromatic heterocycles. The average Bonchev–Trinajstić information content (AvgIpc) is 3.16. The highest BCUT2D eigenvalue weighted by molar-refractivity contribution is 9.11. The third kappa shape index (κ3) is 3.60. The molecule has 0 unspecified atom stereocenters. The molecule has 0 saturated carbocycles. The summed E-state index contributed by atoms with van der Waals surface area (Å²) in [6, 6.07) is 9.88. The lowest BCUT2D eigenvalue weighted by atomic mass is 10.0. The smallest absolute Gasteiger partial charge is 0.307 e. The van der Waals surface area contributed by atoms with E-state index in [4.69, 9.17) is 17.0 Å². The molecule has 3 heterocycles. The number of nitrogens with one attached hydrogen (secondary N) is 1. The van der Waals surface area contributed by atoms with Crippen LogP contribution in [-0.4, -0.2) is 34.6 Å². The molecule has 0 radical (unpaired) electrons. The van der Waals surface area contributed by atoms with E-state index in [0.29, 0.717) is 11.7 Å². The van der Waals surface area contributed by atoms with Crippen LogP contribution in [0.2, 0.25) is 0 Å². The van der Waals surface area contributed by atoms with Gasteiger partial charge in [-0.05, 0) is 52.4 Å². The van der Waals surface area contributed by atoms with Crippen LogP contribution in [0.15, 0.2) is 40.3 Å². The molecular weight excluding hydrogens is 410 g/mol. The molecule has 0 aliphatic carbocycles. The van der Waals surface area contributed by atoms with Gasteiger partial charge in [0.15, 0.2) is 5.11 Å². The van der Waals surface area contributed by atoms with E-state index in [0.717, 1.165) is 14.4 Å². The van der Waals surface area contributed by atoms with Crippen molar-refractivity contribution in [3.63, 3.8) is 0 Å². The summed E-state index contributed by atoms with van der Waals surface area (Å²) < 4.78 is 5.81. The van der Waals surface area contributed by atoms with Crippen molar-refractivity contribution in [2.24, 2.45) is 0 Å². The molecule has 126 valence electrons. The molecule has 1 saturated heterocycles. The molecule has 2 atom stereocenters. The maximum atomic E-state index is 11.5. The number of aromatic nitrogens is 1. The predicted molar refractivity (Wildman–Crippen MR) is 101 cm³/mol. The summed E-state index contributed by atoms with van der Waals surface area (Å²) in [5, 5.41) is 3.98. The fraction of sp³-hybridized carbons (Fsp3) is 0.312. The summed E-state index contributed by atoms with van der Waals surface area (Å²) in [6.45, 7) is 0.502. The average molecular weight is 426 g/mol. The van der Waals surface area contributed by atoms with E-state index in [-0.39, 0.29) is 24.5 Å². The van der Waals surface area contributed by atoms with Gasteiger partial charge in [0, 0.05) is 17.6 Å². The number of halogens is 1. The number of hydrogen-bond acceptors (Lipinski definition) is 5. The zero-order valence-corrected chi connectivity index (χ0v) is 16.2. The van der Waals surface area contributed by atoms with Gasteiger partial charge in [0.1, 0.15) is 0 Å². The van der Waals surface area contributed by atoms with Gasteiger partial charge in [0.05, 0.1) is 35.1 Å². The number of hydrogen-bond donors (Lipinski definition) is 1. The molecule has 0 aromatic carbocycles. The largest absolute Gasteiger partial charge is 0.469 e. The quantitative estimate of drug-likeness (QED) is 0.584. The molecule has 8 heteroatoms. The highest BCUT2D eigenvalue weighted by Gasteiger charge is 2.40. The Hall–Kier alpha value is -1.51. The van der Waals surface area contributed by atoms with Crippen LogP contribution in [0.5, 0.6) is 0 Å². The number of nitrogens with zero attached hydrogens (tertiary/aromatic N) is 2. The Morgan fingerprint density at radius 2 is 2.29 bits per heavy atom. The van der Waals surface area contributed by atoms with E-state index >= 15 is 0 Å². The molecule has 0 spiro atoms. The minimum atomic E-state index is -0.245. The Kier molecular flexibility index (Phi) is 5.47. The summed E-state index contributed by atoms with van der Waals surface area (Å²) >= 11 is 10.7. The molecule has 1 aliphatic rings.